The lowest BCUT2D eigenvalue weighted by Crippen LogP contribution is -2.41. The Hall–Kier alpha value is -1.90. The Balaban J connectivity index is 0.00000261. The Kier molecular flexibility index (Phi) is 7.82. The Morgan fingerprint density at radius 3 is 2.37 bits per heavy atom. The summed E-state index contributed by atoms with van der Waals surface area (Å²) in [6.07, 6.45) is 2.29. The van der Waals surface area contributed by atoms with Gasteiger partial charge in [0.1, 0.15) is 5.75 Å². The van der Waals surface area contributed by atoms with Crippen LogP contribution in [0.25, 0.3) is 0 Å². The molecule has 1 aliphatic carbocycles. The Labute approximate surface area is 175 Å². The summed E-state index contributed by atoms with van der Waals surface area (Å²) in [6, 6.07) is 17.2. The smallest absolute Gasteiger partial charge is 0.387 e. The number of nitrogens with zero attached hydrogens (tertiary/aromatic N) is 1. The van der Waals surface area contributed by atoms with Gasteiger partial charge in [-0.3, -0.25) is 4.99 Å². The maximum atomic E-state index is 12.5. The third kappa shape index (κ3) is 5.79. The van der Waals surface area contributed by atoms with E-state index in [1.54, 1.807) is 25.2 Å². The standard InChI is InChI=1S/C20H23F2N3O.HI/c1-23-19(24-13-15-7-5-6-10-17(15)26-18(21)22)25-14-20(11-12-20)16-8-3-2-4-9-16;/h2-10,18H,11-14H2,1H3,(H2,23,24,25);1H. The summed E-state index contributed by atoms with van der Waals surface area (Å²) in [6.45, 7) is -1.71. The fraction of sp³-hybridized carbons (Fsp3) is 0.350. The maximum Gasteiger partial charge on any atom is 0.387 e. The molecule has 4 nitrogen and oxygen atoms in total. The highest BCUT2D eigenvalue weighted by Gasteiger charge is 2.43. The van der Waals surface area contributed by atoms with Gasteiger partial charge in [-0.25, -0.2) is 0 Å². The molecule has 0 atom stereocenters. The van der Waals surface area contributed by atoms with Gasteiger partial charge in [0.2, 0.25) is 0 Å². The third-order valence-electron chi connectivity index (χ3n) is 4.69. The minimum atomic E-state index is -2.84. The highest BCUT2D eigenvalue weighted by molar-refractivity contribution is 14.0. The maximum absolute atomic E-state index is 12.5. The zero-order valence-corrected chi connectivity index (χ0v) is 17.5. The number of hydrogen-bond donors (Lipinski definition) is 2. The number of aliphatic imine (C=N–C) groups is 1. The van der Waals surface area contributed by atoms with Gasteiger partial charge in [0, 0.05) is 31.1 Å². The van der Waals surface area contributed by atoms with Crippen LogP contribution < -0.4 is 15.4 Å². The lowest BCUT2D eigenvalue weighted by Gasteiger charge is -2.19. The molecule has 0 bridgehead atoms. The summed E-state index contributed by atoms with van der Waals surface area (Å²) in [5.41, 5.74) is 2.15. The minimum Gasteiger partial charge on any atom is -0.434 e. The van der Waals surface area contributed by atoms with Crippen molar-refractivity contribution in [3.05, 3.63) is 65.7 Å². The zero-order chi connectivity index (χ0) is 18.4. The number of ether oxygens (including phenoxy) is 1. The zero-order valence-electron chi connectivity index (χ0n) is 15.1. The summed E-state index contributed by atoms with van der Waals surface area (Å²) < 4.78 is 29.6. The first kappa shape index (κ1) is 21.4. The van der Waals surface area contributed by atoms with E-state index in [1.807, 2.05) is 6.07 Å². The van der Waals surface area contributed by atoms with E-state index in [0.29, 0.717) is 18.1 Å². The Bertz CT molecular complexity index is 752. The van der Waals surface area contributed by atoms with Crippen molar-refractivity contribution in [1.29, 1.82) is 0 Å². The van der Waals surface area contributed by atoms with E-state index in [-0.39, 0.29) is 35.1 Å². The van der Waals surface area contributed by atoms with E-state index in [0.717, 1.165) is 19.4 Å². The van der Waals surface area contributed by atoms with Crippen molar-refractivity contribution >= 4 is 29.9 Å². The number of benzene rings is 2. The molecule has 1 aliphatic rings. The number of guanidine groups is 1. The molecule has 1 saturated carbocycles. The summed E-state index contributed by atoms with van der Waals surface area (Å²) >= 11 is 0. The molecule has 0 aliphatic heterocycles. The predicted molar refractivity (Wildman–Crippen MR) is 114 cm³/mol. The molecule has 2 aromatic rings. The van der Waals surface area contributed by atoms with Crippen LogP contribution in [0.4, 0.5) is 8.78 Å². The van der Waals surface area contributed by atoms with E-state index in [9.17, 15) is 8.78 Å². The summed E-state index contributed by atoms with van der Waals surface area (Å²) in [4.78, 5) is 4.22. The second kappa shape index (κ2) is 9.87. The molecule has 0 heterocycles. The molecule has 146 valence electrons. The molecular weight excluding hydrogens is 463 g/mol. The minimum absolute atomic E-state index is 0. The van der Waals surface area contributed by atoms with Crippen molar-refractivity contribution in [1.82, 2.24) is 10.6 Å². The van der Waals surface area contributed by atoms with Crippen LogP contribution in [-0.4, -0.2) is 26.2 Å². The van der Waals surface area contributed by atoms with Gasteiger partial charge < -0.3 is 15.4 Å². The van der Waals surface area contributed by atoms with E-state index in [1.165, 1.54) is 11.6 Å². The Morgan fingerprint density at radius 2 is 1.74 bits per heavy atom. The molecule has 0 radical (unpaired) electrons. The van der Waals surface area contributed by atoms with Crippen LogP contribution in [0.2, 0.25) is 0 Å². The number of para-hydroxylation sites is 1. The van der Waals surface area contributed by atoms with Crippen molar-refractivity contribution < 1.29 is 13.5 Å². The van der Waals surface area contributed by atoms with Gasteiger partial charge in [-0.1, -0.05) is 48.5 Å². The first-order valence-corrected chi connectivity index (χ1v) is 8.66. The van der Waals surface area contributed by atoms with E-state index in [2.05, 4.69) is 44.6 Å². The molecule has 1 fully saturated rings. The van der Waals surface area contributed by atoms with Gasteiger partial charge in [0.05, 0.1) is 0 Å². The van der Waals surface area contributed by atoms with Crippen molar-refractivity contribution in [2.45, 2.75) is 31.4 Å². The quantitative estimate of drug-likeness (QED) is 0.348. The van der Waals surface area contributed by atoms with E-state index < -0.39 is 6.61 Å². The van der Waals surface area contributed by atoms with Gasteiger partial charge in [-0.05, 0) is 24.5 Å². The number of alkyl halides is 2. The van der Waals surface area contributed by atoms with Crippen LogP contribution in [0, 0.1) is 0 Å². The number of nitrogens with one attached hydrogen (secondary N) is 2. The molecule has 0 unspecified atom stereocenters. The van der Waals surface area contributed by atoms with Gasteiger partial charge in [-0.15, -0.1) is 24.0 Å². The molecule has 2 N–H and O–H groups in total. The van der Waals surface area contributed by atoms with Crippen molar-refractivity contribution in [3.63, 3.8) is 0 Å². The molecule has 0 amide bonds. The molecule has 7 heteroatoms. The monoisotopic (exact) mass is 487 g/mol. The third-order valence-corrected chi connectivity index (χ3v) is 4.69. The molecule has 3 rings (SSSR count). The average molecular weight is 487 g/mol. The highest BCUT2D eigenvalue weighted by Crippen LogP contribution is 2.47. The highest BCUT2D eigenvalue weighted by atomic mass is 127. The second-order valence-corrected chi connectivity index (χ2v) is 6.41. The van der Waals surface area contributed by atoms with Crippen LogP contribution >= 0.6 is 24.0 Å². The van der Waals surface area contributed by atoms with Crippen LogP contribution in [0.5, 0.6) is 5.75 Å². The van der Waals surface area contributed by atoms with Gasteiger partial charge in [0.25, 0.3) is 0 Å². The number of halogens is 3. The number of rotatable bonds is 7. The lowest BCUT2D eigenvalue weighted by molar-refractivity contribution is -0.0504. The van der Waals surface area contributed by atoms with Crippen molar-refractivity contribution in [2.75, 3.05) is 13.6 Å². The van der Waals surface area contributed by atoms with Crippen LogP contribution in [-0.2, 0) is 12.0 Å². The number of hydrogen-bond acceptors (Lipinski definition) is 2. The van der Waals surface area contributed by atoms with E-state index >= 15 is 0 Å². The van der Waals surface area contributed by atoms with Gasteiger partial charge >= 0.3 is 6.61 Å². The first-order valence-electron chi connectivity index (χ1n) is 8.66. The first-order chi connectivity index (χ1) is 12.6. The molecular formula is C20H24F2IN3O. The summed E-state index contributed by atoms with van der Waals surface area (Å²) in [7, 11) is 1.69. The SMILES string of the molecule is CN=C(NCc1ccccc1OC(F)F)NCC1(c2ccccc2)CC1.I. The normalized spacial score (nSPS) is 15.0. The topological polar surface area (TPSA) is 45.7 Å². The van der Waals surface area contributed by atoms with Crippen LogP contribution in [0.1, 0.15) is 24.0 Å². The summed E-state index contributed by atoms with van der Waals surface area (Å²) in [5.74, 6) is 0.812. The van der Waals surface area contributed by atoms with Gasteiger partial charge in [-0.2, -0.15) is 8.78 Å². The van der Waals surface area contributed by atoms with Crippen LogP contribution in [0.3, 0.4) is 0 Å². The average Bonchev–Trinajstić information content (AvgIpc) is 3.44. The fourth-order valence-electron chi connectivity index (χ4n) is 3.02. The molecule has 27 heavy (non-hydrogen) atoms. The molecule has 0 spiro atoms. The van der Waals surface area contributed by atoms with E-state index in [4.69, 9.17) is 0 Å². The fourth-order valence-corrected chi connectivity index (χ4v) is 3.02. The van der Waals surface area contributed by atoms with Crippen molar-refractivity contribution in [3.8, 4) is 5.75 Å². The van der Waals surface area contributed by atoms with Crippen LogP contribution in [0.15, 0.2) is 59.6 Å². The Morgan fingerprint density at radius 1 is 1.07 bits per heavy atom. The lowest BCUT2D eigenvalue weighted by atomic mass is 9.96. The molecule has 0 aromatic heterocycles. The largest absolute Gasteiger partial charge is 0.434 e. The van der Waals surface area contributed by atoms with Crippen molar-refractivity contribution in [2.24, 2.45) is 4.99 Å². The summed E-state index contributed by atoms with van der Waals surface area (Å²) in [5, 5.41) is 6.52. The molecule has 2 aromatic carbocycles. The predicted octanol–water partition coefficient (Wildman–Crippen LogP) is 4.30. The van der Waals surface area contributed by atoms with Gasteiger partial charge in [0.15, 0.2) is 5.96 Å². The molecule has 0 saturated heterocycles. The second-order valence-electron chi connectivity index (χ2n) is 6.41.